The van der Waals surface area contributed by atoms with Crippen molar-refractivity contribution >= 4 is 55.1 Å². The number of carbonyl (C=O) groups excluding carboxylic acids is 2. The van der Waals surface area contributed by atoms with Crippen molar-refractivity contribution in [3.63, 3.8) is 0 Å². The van der Waals surface area contributed by atoms with E-state index in [1.165, 1.54) is 9.21 Å². The monoisotopic (exact) mass is 571 g/mol. The summed E-state index contributed by atoms with van der Waals surface area (Å²) in [6, 6.07) is 13.3. The lowest BCUT2D eigenvalue weighted by Gasteiger charge is -2.30. The van der Waals surface area contributed by atoms with Gasteiger partial charge >= 0.3 is 0 Å². The normalized spacial score (nSPS) is 12.3. The molecule has 0 radical (unpaired) electrons. The standard InChI is InChI=1S/C24H31BrClN3O4S/c1-17(2)27-24(31)18(3)28(16-19-7-5-8-20(25)15-19)23(30)9-6-14-29(34(4,32)33)22-12-10-21(26)11-13-22/h5,7-8,10-13,15,17-18H,6,9,14,16H2,1-4H3,(H,27,31)/t18-/m0/s1. The van der Waals surface area contributed by atoms with Gasteiger partial charge in [-0.25, -0.2) is 8.42 Å². The van der Waals surface area contributed by atoms with Crippen molar-refractivity contribution in [1.82, 2.24) is 10.2 Å². The van der Waals surface area contributed by atoms with Gasteiger partial charge in [0.15, 0.2) is 0 Å². The first-order valence-electron chi connectivity index (χ1n) is 11.0. The summed E-state index contributed by atoms with van der Waals surface area (Å²) in [7, 11) is -3.55. The molecule has 2 rings (SSSR count). The molecule has 0 fully saturated rings. The van der Waals surface area contributed by atoms with Gasteiger partial charge in [-0.2, -0.15) is 0 Å². The van der Waals surface area contributed by atoms with Gasteiger partial charge in [0.2, 0.25) is 21.8 Å². The van der Waals surface area contributed by atoms with Crippen LogP contribution in [-0.2, 0) is 26.2 Å². The van der Waals surface area contributed by atoms with E-state index in [-0.39, 0.29) is 37.4 Å². The van der Waals surface area contributed by atoms with Crippen LogP contribution in [0.5, 0.6) is 0 Å². The largest absolute Gasteiger partial charge is 0.352 e. The number of anilines is 1. The summed E-state index contributed by atoms with van der Waals surface area (Å²) in [5.74, 6) is -0.465. The highest BCUT2D eigenvalue weighted by Gasteiger charge is 2.27. The number of hydrogen-bond donors (Lipinski definition) is 1. The molecule has 10 heteroatoms. The van der Waals surface area contributed by atoms with Gasteiger partial charge in [0, 0.05) is 35.0 Å². The average Bonchev–Trinajstić information content (AvgIpc) is 2.74. The predicted molar refractivity (Wildman–Crippen MR) is 140 cm³/mol. The molecule has 1 N–H and O–H groups in total. The van der Waals surface area contributed by atoms with Gasteiger partial charge in [-0.1, -0.05) is 39.7 Å². The van der Waals surface area contributed by atoms with Crippen molar-refractivity contribution in [2.45, 2.75) is 52.2 Å². The second-order valence-corrected chi connectivity index (χ2v) is 11.7. The number of carbonyl (C=O) groups is 2. The van der Waals surface area contributed by atoms with Crippen molar-refractivity contribution in [3.8, 4) is 0 Å². The van der Waals surface area contributed by atoms with Crippen LogP contribution in [-0.4, -0.2) is 50.0 Å². The second kappa shape index (κ2) is 12.6. The van der Waals surface area contributed by atoms with Gasteiger partial charge in [-0.05, 0) is 69.2 Å². The first-order valence-corrected chi connectivity index (χ1v) is 14.0. The van der Waals surface area contributed by atoms with E-state index >= 15 is 0 Å². The third-order valence-electron chi connectivity index (χ3n) is 5.11. The summed E-state index contributed by atoms with van der Waals surface area (Å²) in [4.78, 5) is 27.4. The highest BCUT2D eigenvalue weighted by molar-refractivity contribution is 9.10. The quantitative estimate of drug-likeness (QED) is 0.427. The van der Waals surface area contributed by atoms with Crippen LogP contribution in [0.25, 0.3) is 0 Å². The maximum absolute atomic E-state index is 13.2. The summed E-state index contributed by atoms with van der Waals surface area (Å²) in [6.45, 7) is 5.81. The Hall–Kier alpha value is -2.10. The maximum atomic E-state index is 13.2. The van der Waals surface area contributed by atoms with Gasteiger partial charge in [-0.15, -0.1) is 0 Å². The van der Waals surface area contributed by atoms with Crippen LogP contribution in [0.1, 0.15) is 39.2 Å². The molecule has 0 bridgehead atoms. The highest BCUT2D eigenvalue weighted by Crippen LogP contribution is 2.22. The van der Waals surface area contributed by atoms with Crippen molar-refractivity contribution in [2.24, 2.45) is 0 Å². The van der Waals surface area contributed by atoms with Gasteiger partial charge in [-0.3, -0.25) is 13.9 Å². The smallest absolute Gasteiger partial charge is 0.242 e. The molecule has 0 heterocycles. The van der Waals surface area contributed by atoms with Crippen LogP contribution >= 0.6 is 27.5 Å². The molecule has 0 aliphatic heterocycles. The Morgan fingerprint density at radius 2 is 1.74 bits per heavy atom. The molecule has 2 aromatic rings. The van der Waals surface area contributed by atoms with Crippen LogP contribution in [0, 0.1) is 0 Å². The summed E-state index contributed by atoms with van der Waals surface area (Å²) >= 11 is 9.36. The van der Waals surface area contributed by atoms with Crippen molar-refractivity contribution in [3.05, 3.63) is 63.6 Å². The van der Waals surface area contributed by atoms with E-state index in [1.54, 1.807) is 31.2 Å². The minimum atomic E-state index is -3.55. The number of halogens is 2. The summed E-state index contributed by atoms with van der Waals surface area (Å²) in [5.41, 5.74) is 1.36. The topological polar surface area (TPSA) is 86.8 Å². The highest BCUT2D eigenvalue weighted by atomic mass is 79.9. The molecule has 0 spiro atoms. The Morgan fingerprint density at radius 1 is 1.09 bits per heavy atom. The molecule has 2 aromatic carbocycles. The van der Waals surface area contributed by atoms with E-state index in [1.807, 2.05) is 38.1 Å². The summed E-state index contributed by atoms with van der Waals surface area (Å²) < 4.78 is 26.8. The predicted octanol–water partition coefficient (Wildman–Crippen LogP) is 4.59. The molecule has 0 aliphatic rings. The number of nitrogens with zero attached hydrogens (tertiary/aromatic N) is 2. The first kappa shape index (κ1) is 28.1. The van der Waals surface area contributed by atoms with Crippen LogP contribution < -0.4 is 9.62 Å². The number of amides is 2. The summed E-state index contributed by atoms with van der Waals surface area (Å²) in [5, 5.41) is 3.36. The fourth-order valence-electron chi connectivity index (χ4n) is 3.43. The Morgan fingerprint density at radius 3 is 2.29 bits per heavy atom. The Bertz CT molecular complexity index is 1090. The number of rotatable bonds is 11. The van der Waals surface area contributed by atoms with E-state index < -0.39 is 16.1 Å². The van der Waals surface area contributed by atoms with Crippen LogP contribution in [0.15, 0.2) is 53.0 Å². The van der Waals surface area contributed by atoms with Crippen molar-refractivity contribution < 1.29 is 18.0 Å². The van der Waals surface area contributed by atoms with Gasteiger partial charge < -0.3 is 10.2 Å². The van der Waals surface area contributed by atoms with Crippen LogP contribution in [0.3, 0.4) is 0 Å². The molecule has 34 heavy (non-hydrogen) atoms. The van der Waals surface area contributed by atoms with Crippen molar-refractivity contribution in [2.75, 3.05) is 17.1 Å². The Balaban J connectivity index is 2.16. The molecular weight excluding hydrogens is 542 g/mol. The summed E-state index contributed by atoms with van der Waals surface area (Å²) in [6.07, 6.45) is 1.51. The zero-order valence-corrected chi connectivity index (χ0v) is 23.0. The Labute approximate surface area is 215 Å². The second-order valence-electron chi connectivity index (χ2n) is 8.41. The molecule has 1 atom stereocenters. The average molecular weight is 573 g/mol. The first-order chi connectivity index (χ1) is 15.9. The van der Waals surface area contributed by atoms with E-state index in [9.17, 15) is 18.0 Å². The number of benzene rings is 2. The van der Waals surface area contributed by atoms with E-state index in [2.05, 4.69) is 21.2 Å². The SMILES string of the molecule is CC(C)NC(=O)[C@H](C)N(Cc1cccc(Br)c1)C(=O)CCCN(c1ccc(Cl)cc1)S(C)(=O)=O. The maximum Gasteiger partial charge on any atom is 0.242 e. The van der Waals surface area contributed by atoms with Crippen molar-refractivity contribution in [1.29, 1.82) is 0 Å². The lowest BCUT2D eigenvalue weighted by Crippen LogP contribution is -2.49. The number of sulfonamides is 1. The van der Waals surface area contributed by atoms with Crippen LogP contribution in [0.4, 0.5) is 5.69 Å². The lowest BCUT2D eigenvalue weighted by molar-refractivity contribution is -0.140. The fourth-order valence-corrected chi connectivity index (χ4v) is 4.97. The van der Waals surface area contributed by atoms with Gasteiger partial charge in [0.05, 0.1) is 11.9 Å². The third-order valence-corrected chi connectivity index (χ3v) is 7.05. The third kappa shape index (κ3) is 8.60. The van der Waals surface area contributed by atoms with Gasteiger partial charge in [0.25, 0.3) is 0 Å². The van der Waals surface area contributed by atoms with E-state index in [4.69, 9.17) is 11.6 Å². The Kier molecular flexibility index (Phi) is 10.4. The lowest BCUT2D eigenvalue weighted by atomic mass is 10.1. The molecule has 7 nitrogen and oxygen atoms in total. The molecule has 0 saturated heterocycles. The molecule has 186 valence electrons. The zero-order valence-electron chi connectivity index (χ0n) is 19.8. The van der Waals surface area contributed by atoms with Gasteiger partial charge in [0.1, 0.15) is 6.04 Å². The molecule has 0 aromatic heterocycles. The zero-order chi connectivity index (χ0) is 25.5. The molecule has 0 unspecified atom stereocenters. The molecule has 0 aliphatic carbocycles. The minimum Gasteiger partial charge on any atom is -0.352 e. The molecule has 2 amide bonds. The fraction of sp³-hybridized carbons (Fsp3) is 0.417. The van der Waals surface area contributed by atoms with E-state index in [0.29, 0.717) is 17.1 Å². The van der Waals surface area contributed by atoms with Crippen LogP contribution in [0.2, 0.25) is 5.02 Å². The number of hydrogen-bond acceptors (Lipinski definition) is 4. The molecular formula is C24H31BrClN3O4S. The number of nitrogens with one attached hydrogen (secondary N) is 1. The minimum absolute atomic E-state index is 0.0551. The van der Waals surface area contributed by atoms with E-state index in [0.717, 1.165) is 16.3 Å². The molecule has 0 saturated carbocycles.